The first-order valence-electron chi connectivity index (χ1n) is 9.31. The summed E-state index contributed by atoms with van der Waals surface area (Å²) in [7, 11) is 0. The van der Waals surface area contributed by atoms with Crippen LogP contribution in [0.1, 0.15) is 58.6 Å². The van der Waals surface area contributed by atoms with E-state index in [9.17, 15) is 0 Å². The highest BCUT2D eigenvalue weighted by molar-refractivity contribution is 5.25. The zero-order valence-electron chi connectivity index (χ0n) is 15.9. The fraction of sp³-hybridized carbons (Fsp3) is 0.714. The quantitative estimate of drug-likeness (QED) is 0.752. The maximum atomic E-state index is 5.83. The Hall–Kier alpha value is -0.860. The minimum Gasteiger partial charge on any atom is -0.373 e. The highest BCUT2D eigenvalue weighted by atomic mass is 16.5. The largest absolute Gasteiger partial charge is 0.373 e. The Kier molecular flexibility index (Phi) is 6.67. The minimum atomic E-state index is 0.364. The van der Waals surface area contributed by atoms with Gasteiger partial charge in [0.15, 0.2) is 0 Å². The zero-order chi connectivity index (χ0) is 17.0. The topological polar surface area (TPSA) is 12.5 Å². The maximum Gasteiger partial charge on any atom is 0.0678 e. The van der Waals surface area contributed by atoms with E-state index >= 15 is 0 Å². The summed E-state index contributed by atoms with van der Waals surface area (Å²) in [5, 5.41) is 0. The lowest BCUT2D eigenvalue weighted by Gasteiger charge is -2.36. The number of hydrogen-bond donors (Lipinski definition) is 0. The summed E-state index contributed by atoms with van der Waals surface area (Å²) in [5.41, 5.74) is 2.93. The Morgan fingerprint density at radius 2 is 1.57 bits per heavy atom. The van der Waals surface area contributed by atoms with Crippen molar-refractivity contribution < 1.29 is 4.74 Å². The van der Waals surface area contributed by atoms with Gasteiger partial charge in [0.05, 0.1) is 12.2 Å². The van der Waals surface area contributed by atoms with E-state index in [2.05, 4.69) is 70.7 Å². The maximum absolute atomic E-state index is 5.83. The Labute approximate surface area is 143 Å². The summed E-state index contributed by atoms with van der Waals surface area (Å²) in [6.45, 7) is 17.0. The molecule has 1 aromatic rings. The predicted molar refractivity (Wildman–Crippen MR) is 99.0 cm³/mol. The molecule has 1 aliphatic heterocycles. The first-order valence-corrected chi connectivity index (χ1v) is 9.31. The van der Waals surface area contributed by atoms with E-state index in [0.717, 1.165) is 19.5 Å². The highest BCUT2D eigenvalue weighted by Crippen LogP contribution is 2.24. The summed E-state index contributed by atoms with van der Waals surface area (Å²) < 4.78 is 5.83. The molecule has 2 heteroatoms. The second-order valence-corrected chi connectivity index (χ2v) is 8.06. The van der Waals surface area contributed by atoms with Gasteiger partial charge in [0, 0.05) is 19.6 Å². The molecule has 2 unspecified atom stereocenters. The average Bonchev–Trinajstić information content (AvgIpc) is 2.45. The van der Waals surface area contributed by atoms with Gasteiger partial charge < -0.3 is 4.74 Å². The molecule has 0 amide bonds. The van der Waals surface area contributed by atoms with Crippen molar-refractivity contribution >= 4 is 0 Å². The molecule has 0 aliphatic carbocycles. The Balaban J connectivity index is 1.86. The normalized spacial score (nSPS) is 25.5. The summed E-state index contributed by atoms with van der Waals surface area (Å²) >= 11 is 0. The van der Waals surface area contributed by atoms with Crippen LogP contribution in [-0.4, -0.2) is 36.7 Å². The van der Waals surface area contributed by atoms with Gasteiger partial charge in [-0.2, -0.15) is 0 Å². The fourth-order valence-electron chi connectivity index (χ4n) is 3.68. The molecule has 4 atom stereocenters. The van der Waals surface area contributed by atoms with Gasteiger partial charge in [-0.15, -0.1) is 0 Å². The number of rotatable bonds is 6. The summed E-state index contributed by atoms with van der Waals surface area (Å²) in [6.07, 6.45) is 1.89. The first kappa shape index (κ1) is 18.5. The second kappa shape index (κ2) is 8.30. The third kappa shape index (κ3) is 5.61. The van der Waals surface area contributed by atoms with Crippen molar-refractivity contribution in [3.63, 3.8) is 0 Å². The van der Waals surface area contributed by atoms with E-state index < -0.39 is 0 Å². The van der Waals surface area contributed by atoms with Gasteiger partial charge in [-0.25, -0.2) is 0 Å². The molecular weight excluding hydrogens is 282 g/mol. The van der Waals surface area contributed by atoms with Gasteiger partial charge in [0.25, 0.3) is 0 Å². The van der Waals surface area contributed by atoms with Gasteiger partial charge in [0.1, 0.15) is 0 Å². The van der Waals surface area contributed by atoms with E-state index in [1.54, 1.807) is 0 Å². The van der Waals surface area contributed by atoms with Crippen LogP contribution in [0.4, 0.5) is 0 Å². The van der Waals surface area contributed by atoms with Crippen molar-refractivity contribution in [2.24, 2.45) is 11.8 Å². The Bertz CT molecular complexity index is 457. The molecule has 23 heavy (non-hydrogen) atoms. The van der Waals surface area contributed by atoms with Gasteiger partial charge in [-0.3, -0.25) is 4.90 Å². The van der Waals surface area contributed by atoms with E-state index in [-0.39, 0.29) is 0 Å². The van der Waals surface area contributed by atoms with Crippen molar-refractivity contribution in [1.82, 2.24) is 4.90 Å². The van der Waals surface area contributed by atoms with Gasteiger partial charge in [-0.05, 0) is 49.1 Å². The average molecular weight is 318 g/mol. The van der Waals surface area contributed by atoms with Crippen LogP contribution in [0.5, 0.6) is 0 Å². The van der Waals surface area contributed by atoms with Gasteiger partial charge in [-0.1, -0.05) is 52.0 Å². The summed E-state index contributed by atoms with van der Waals surface area (Å²) in [4.78, 5) is 2.57. The molecule has 0 bridgehead atoms. The van der Waals surface area contributed by atoms with Crippen LogP contribution in [0.3, 0.4) is 0 Å². The number of nitrogens with zero attached hydrogens (tertiary/aromatic N) is 1. The molecule has 0 saturated carbocycles. The SMILES string of the molecule is CC(Cc1ccc(C(C)C(C)C)cc1)CN1C[C@@H](C)O[C@@H](C)C1. The molecule has 0 aromatic heterocycles. The number of morpholine rings is 1. The highest BCUT2D eigenvalue weighted by Gasteiger charge is 2.23. The molecule has 0 radical (unpaired) electrons. The molecule has 1 heterocycles. The molecule has 2 nitrogen and oxygen atoms in total. The van der Waals surface area contributed by atoms with Crippen LogP contribution < -0.4 is 0 Å². The smallest absolute Gasteiger partial charge is 0.0678 e. The fourth-order valence-corrected chi connectivity index (χ4v) is 3.68. The minimum absolute atomic E-state index is 0.364. The van der Waals surface area contributed by atoms with Gasteiger partial charge >= 0.3 is 0 Å². The van der Waals surface area contributed by atoms with E-state index in [1.807, 2.05) is 0 Å². The third-order valence-corrected chi connectivity index (χ3v) is 5.15. The standard InChI is InChI=1S/C21H35NO/c1-15(2)19(6)21-9-7-20(8-10-21)11-16(3)12-22-13-17(4)23-18(5)14-22/h7-10,15-19H,11-14H2,1-6H3/t16?,17-,18+,19?. The number of ether oxygens (including phenoxy) is 1. The lowest BCUT2D eigenvalue weighted by molar-refractivity contribution is -0.0708. The van der Waals surface area contributed by atoms with E-state index in [0.29, 0.717) is 30.0 Å². The number of benzene rings is 1. The summed E-state index contributed by atoms with van der Waals surface area (Å²) in [5.74, 6) is 2.02. The Morgan fingerprint density at radius 1 is 1.00 bits per heavy atom. The Morgan fingerprint density at radius 3 is 2.09 bits per heavy atom. The van der Waals surface area contributed by atoms with Crippen molar-refractivity contribution in [1.29, 1.82) is 0 Å². The molecule has 0 N–H and O–H groups in total. The monoisotopic (exact) mass is 317 g/mol. The lowest BCUT2D eigenvalue weighted by atomic mass is 9.89. The molecule has 1 saturated heterocycles. The second-order valence-electron chi connectivity index (χ2n) is 8.06. The van der Waals surface area contributed by atoms with Crippen LogP contribution in [0.2, 0.25) is 0 Å². The molecule has 1 fully saturated rings. The molecule has 1 aromatic carbocycles. The number of hydrogen-bond acceptors (Lipinski definition) is 2. The van der Waals surface area contributed by atoms with E-state index in [4.69, 9.17) is 4.74 Å². The van der Waals surface area contributed by atoms with Crippen LogP contribution >= 0.6 is 0 Å². The van der Waals surface area contributed by atoms with Gasteiger partial charge in [0.2, 0.25) is 0 Å². The molecule has 0 spiro atoms. The van der Waals surface area contributed by atoms with Crippen LogP contribution in [0.15, 0.2) is 24.3 Å². The van der Waals surface area contributed by atoms with Crippen molar-refractivity contribution in [3.8, 4) is 0 Å². The van der Waals surface area contributed by atoms with Crippen molar-refractivity contribution in [2.45, 2.75) is 66.1 Å². The summed E-state index contributed by atoms with van der Waals surface area (Å²) in [6, 6.07) is 9.31. The lowest BCUT2D eigenvalue weighted by Crippen LogP contribution is -2.47. The van der Waals surface area contributed by atoms with Crippen molar-refractivity contribution in [2.75, 3.05) is 19.6 Å². The molecule has 2 rings (SSSR count). The molecule has 130 valence electrons. The third-order valence-electron chi connectivity index (χ3n) is 5.15. The molecule has 1 aliphatic rings. The van der Waals surface area contributed by atoms with Crippen LogP contribution in [0, 0.1) is 11.8 Å². The van der Waals surface area contributed by atoms with E-state index in [1.165, 1.54) is 17.7 Å². The molecular formula is C21H35NO. The van der Waals surface area contributed by atoms with Crippen LogP contribution in [-0.2, 0) is 11.2 Å². The first-order chi connectivity index (χ1) is 10.8. The zero-order valence-corrected chi connectivity index (χ0v) is 15.9. The predicted octanol–water partition coefficient (Wildman–Crippen LogP) is 4.73. The van der Waals surface area contributed by atoms with Crippen LogP contribution in [0.25, 0.3) is 0 Å². The van der Waals surface area contributed by atoms with Crippen molar-refractivity contribution in [3.05, 3.63) is 35.4 Å².